The van der Waals surface area contributed by atoms with E-state index < -0.39 is 12.0 Å². The Morgan fingerprint density at radius 2 is 1.68 bits per heavy atom. The molecule has 9 heteroatoms. The summed E-state index contributed by atoms with van der Waals surface area (Å²) in [5, 5.41) is 0. The Labute approximate surface area is 235 Å². The fraction of sp³-hybridized carbons (Fsp3) is 0.194. The minimum atomic E-state index is -0.760. The number of aromatic nitrogens is 1. The van der Waals surface area contributed by atoms with Crippen LogP contribution < -0.4 is 29.1 Å². The zero-order valence-electron chi connectivity index (χ0n) is 22.5. The van der Waals surface area contributed by atoms with Crippen molar-refractivity contribution in [1.29, 1.82) is 0 Å². The number of carbonyl (C=O) groups excluding carboxylic acids is 1. The van der Waals surface area contributed by atoms with Crippen LogP contribution in [0.25, 0.3) is 11.8 Å². The molecule has 204 valence electrons. The van der Waals surface area contributed by atoms with Gasteiger partial charge in [0.25, 0.3) is 5.56 Å². The van der Waals surface area contributed by atoms with Crippen LogP contribution in [0.1, 0.15) is 29.7 Å². The highest BCUT2D eigenvalue weighted by molar-refractivity contribution is 7.07. The third kappa shape index (κ3) is 5.03. The number of hydrogen-bond acceptors (Lipinski definition) is 8. The highest BCUT2D eigenvalue weighted by Gasteiger charge is 2.35. The lowest BCUT2D eigenvalue weighted by atomic mass is 9.93. The van der Waals surface area contributed by atoms with Crippen LogP contribution >= 0.6 is 11.3 Å². The number of hydrogen-bond donors (Lipinski definition) is 0. The molecule has 4 aromatic rings. The number of nitrogens with zero attached hydrogens (tertiary/aromatic N) is 2. The summed E-state index contributed by atoms with van der Waals surface area (Å²) in [5.41, 5.74) is 2.74. The van der Waals surface area contributed by atoms with Gasteiger partial charge < -0.3 is 18.9 Å². The normalized spacial score (nSPS) is 14.8. The predicted molar refractivity (Wildman–Crippen MR) is 154 cm³/mol. The topological polar surface area (TPSA) is 88.4 Å². The molecule has 8 nitrogen and oxygen atoms in total. The van der Waals surface area contributed by atoms with E-state index in [0.29, 0.717) is 37.9 Å². The van der Waals surface area contributed by atoms with Crippen molar-refractivity contribution in [3.63, 3.8) is 0 Å². The van der Waals surface area contributed by atoms with Crippen molar-refractivity contribution < 1.29 is 23.7 Å². The van der Waals surface area contributed by atoms with Crippen LogP contribution in [-0.2, 0) is 9.53 Å². The quantitative estimate of drug-likeness (QED) is 0.306. The van der Waals surface area contributed by atoms with Gasteiger partial charge >= 0.3 is 5.97 Å². The van der Waals surface area contributed by atoms with E-state index >= 15 is 0 Å². The molecule has 40 heavy (non-hydrogen) atoms. The molecular weight excluding hydrogens is 528 g/mol. The summed E-state index contributed by atoms with van der Waals surface area (Å²) in [6.07, 6.45) is 1.78. The van der Waals surface area contributed by atoms with Gasteiger partial charge in [-0.3, -0.25) is 9.36 Å². The number of methoxy groups -OCH3 is 3. The number of carbonyl (C=O) groups is 1. The van der Waals surface area contributed by atoms with Crippen LogP contribution in [-0.4, -0.2) is 38.5 Å². The molecular formula is C31H28N2O6S. The Bertz CT molecular complexity index is 1750. The average Bonchev–Trinajstić information content (AvgIpc) is 3.30. The maximum Gasteiger partial charge on any atom is 0.338 e. The molecule has 3 aromatic carbocycles. The summed E-state index contributed by atoms with van der Waals surface area (Å²) in [7, 11) is 4.72. The van der Waals surface area contributed by atoms with Crippen molar-refractivity contribution in [2.75, 3.05) is 27.9 Å². The first-order valence-electron chi connectivity index (χ1n) is 12.6. The predicted octanol–water partition coefficient (Wildman–Crippen LogP) is 3.96. The third-order valence-corrected chi connectivity index (χ3v) is 7.49. The second kappa shape index (κ2) is 11.6. The van der Waals surface area contributed by atoms with E-state index in [1.165, 1.54) is 11.3 Å². The van der Waals surface area contributed by atoms with Crippen LogP contribution in [0.3, 0.4) is 0 Å². The summed E-state index contributed by atoms with van der Waals surface area (Å²) in [4.78, 5) is 32.9. The first-order chi connectivity index (χ1) is 19.5. The van der Waals surface area contributed by atoms with Crippen molar-refractivity contribution in [3.8, 4) is 17.2 Å². The van der Waals surface area contributed by atoms with Gasteiger partial charge in [0.15, 0.2) is 16.3 Å². The minimum absolute atomic E-state index is 0.184. The Morgan fingerprint density at radius 1 is 0.950 bits per heavy atom. The van der Waals surface area contributed by atoms with E-state index in [-0.39, 0.29) is 12.2 Å². The minimum Gasteiger partial charge on any atom is -0.497 e. The number of benzene rings is 3. The third-order valence-electron chi connectivity index (χ3n) is 6.51. The van der Waals surface area contributed by atoms with Gasteiger partial charge in [-0.1, -0.05) is 59.9 Å². The Hall–Kier alpha value is -4.63. The molecule has 0 radical (unpaired) electrons. The molecule has 1 aliphatic rings. The highest BCUT2D eigenvalue weighted by Crippen LogP contribution is 2.35. The van der Waals surface area contributed by atoms with E-state index in [9.17, 15) is 9.59 Å². The van der Waals surface area contributed by atoms with Gasteiger partial charge in [0.2, 0.25) is 0 Å². The van der Waals surface area contributed by atoms with E-state index in [4.69, 9.17) is 23.9 Å². The second-order valence-corrected chi connectivity index (χ2v) is 9.83. The Balaban J connectivity index is 1.79. The van der Waals surface area contributed by atoms with Crippen LogP contribution in [0.2, 0.25) is 0 Å². The van der Waals surface area contributed by atoms with Gasteiger partial charge in [-0.05, 0) is 48.4 Å². The lowest BCUT2D eigenvalue weighted by molar-refractivity contribution is -0.138. The standard InChI is InChI=1S/C31H28N2O6S/c1-5-39-30(35)26-27(20-9-7-6-8-10-20)32-31-33(28(26)21-12-14-22(36-2)15-13-21)29(34)25(40-31)18-19-11-16-23(37-3)24(17-19)38-4/h6-18,28H,5H2,1-4H3/b25-18-/t28-/m1/s1. The molecule has 5 rings (SSSR count). The Kier molecular flexibility index (Phi) is 7.84. The monoisotopic (exact) mass is 556 g/mol. The molecule has 0 bridgehead atoms. The summed E-state index contributed by atoms with van der Waals surface area (Å²) >= 11 is 1.26. The molecule has 1 aromatic heterocycles. The van der Waals surface area contributed by atoms with Crippen LogP contribution in [0, 0.1) is 0 Å². The van der Waals surface area contributed by atoms with E-state index in [1.807, 2.05) is 48.5 Å². The molecule has 0 spiro atoms. The number of esters is 1. The first kappa shape index (κ1) is 27.0. The molecule has 1 aliphatic heterocycles. The molecule has 0 amide bonds. The van der Waals surface area contributed by atoms with Gasteiger partial charge in [-0.15, -0.1) is 0 Å². The summed E-state index contributed by atoms with van der Waals surface area (Å²) in [5.74, 6) is 1.28. The first-order valence-corrected chi connectivity index (χ1v) is 13.4. The fourth-order valence-corrected chi connectivity index (χ4v) is 5.64. The van der Waals surface area contributed by atoms with Gasteiger partial charge in [0.1, 0.15) is 5.75 Å². The number of rotatable bonds is 8. The highest BCUT2D eigenvalue weighted by atomic mass is 32.1. The van der Waals surface area contributed by atoms with Crippen molar-refractivity contribution in [3.05, 3.63) is 115 Å². The Morgan fingerprint density at radius 3 is 2.33 bits per heavy atom. The molecule has 0 fully saturated rings. The number of fused-ring (bicyclic) bond motifs is 1. The van der Waals surface area contributed by atoms with E-state index in [2.05, 4.69) is 0 Å². The molecule has 0 saturated heterocycles. The van der Waals surface area contributed by atoms with Crippen molar-refractivity contribution in [2.24, 2.45) is 4.99 Å². The average molecular weight is 557 g/mol. The summed E-state index contributed by atoms with van der Waals surface area (Å²) in [6.45, 7) is 1.94. The van der Waals surface area contributed by atoms with Gasteiger partial charge in [-0.2, -0.15) is 0 Å². The van der Waals surface area contributed by atoms with E-state index in [1.54, 1.807) is 63.2 Å². The molecule has 1 atom stereocenters. The maximum atomic E-state index is 14.0. The van der Waals surface area contributed by atoms with E-state index in [0.717, 1.165) is 16.7 Å². The van der Waals surface area contributed by atoms with Gasteiger partial charge in [0.05, 0.1) is 49.8 Å². The van der Waals surface area contributed by atoms with Gasteiger partial charge in [-0.25, -0.2) is 9.79 Å². The molecule has 0 N–H and O–H groups in total. The van der Waals surface area contributed by atoms with Crippen molar-refractivity contribution in [1.82, 2.24) is 4.57 Å². The maximum absolute atomic E-state index is 14.0. The smallest absolute Gasteiger partial charge is 0.338 e. The van der Waals surface area contributed by atoms with Crippen molar-refractivity contribution >= 4 is 29.1 Å². The molecule has 2 heterocycles. The lowest BCUT2D eigenvalue weighted by Crippen LogP contribution is -2.40. The second-order valence-electron chi connectivity index (χ2n) is 8.82. The largest absolute Gasteiger partial charge is 0.497 e. The number of thiazole rings is 1. The van der Waals surface area contributed by atoms with Gasteiger partial charge in [0, 0.05) is 5.56 Å². The fourth-order valence-electron chi connectivity index (χ4n) is 4.64. The number of ether oxygens (including phenoxy) is 4. The van der Waals surface area contributed by atoms with Crippen LogP contribution in [0.4, 0.5) is 0 Å². The van der Waals surface area contributed by atoms with Crippen LogP contribution in [0.15, 0.2) is 88.2 Å². The summed E-state index contributed by atoms with van der Waals surface area (Å²) in [6, 6.07) is 21.4. The molecule has 0 saturated carbocycles. The SMILES string of the molecule is CCOC(=O)C1=C(c2ccccc2)N=c2s/c(=C\c3ccc(OC)c(OC)c3)c(=O)n2[C@@H]1c1ccc(OC)cc1. The molecule has 0 unspecified atom stereocenters. The zero-order chi connectivity index (χ0) is 28.2. The molecule has 0 aliphatic carbocycles. The lowest BCUT2D eigenvalue weighted by Gasteiger charge is -2.26. The summed E-state index contributed by atoms with van der Waals surface area (Å²) < 4.78 is 23.7. The van der Waals surface area contributed by atoms with Crippen molar-refractivity contribution in [2.45, 2.75) is 13.0 Å². The van der Waals surface area contributed by atoms with Crippen LogP contribution in [0.5, 0.6) is 17.2 Å². The zero-order valence-corrected chi connectivity index (χ0v) is 23.4.